The highest BCUT2D eigenvalue weighted by Crippen LogP contribution is 2.25. The zero-order valence-corrected chi connectivity index (χ0v) is 13.5. The van der Waals surface area contributed by atoms with Gasteiger partial charge in [0.2, 0.25) is 0 Å². The molecule has 4 amide bonds. The molecule has 0 bridgehead atoms. The van der Waals surface area contributed by atoms with E-state index in [-0.39, 0.29) is 12.1 Å². The standard InChI is InChI=1S/C18H14N2O6/c21-13-7-6-12(8-14(13)22)15(23)10-20-17(25)16(24)19(18(20)26)9-11-4-2-1-3-5-11/h1-8,21-22H,9-10H2. The van der Waals surface area contributed by atoms with E-state index in [1.54, 1.807) is 30.3 Å². The van der Waals surface area contributed by atoms with Crippen LogP contribution in [0.3, 0.4) is 0 Å². The molecule has 1 fully saturated rings. The van der Waals surface area contributed by atoms with Gasteiger partial charge in [0.1, 0.15) is 0 Å². The molecular weight excluding hydrogens is 340 g/mol. The van der Waals surface area contributed by atoms with Crippen molar-refractivity contribution in [2.45, 2.75) is 6.54 Å². The molecule has 1 aliphatic heterocycles. The quantitative estimate of drug-likeness (QED) is 0.362. The van der Waals surface area contributed by atoms with E-state index in [9.17, 15) is 29.4 Å². The second kappa shape index (κ2) is 6.67. The number of phenols is 2. The molecule has 0 atom stereocenters. The first-order valence-electron chi connectivity index (χ1n) is 7.65. The number of carbonyl (C=O) groups is 4. The van der Waals surface area contributed by atoms with Crippen molar-refractivity contribution < 1.29 is 29.4 Å². The monoisotopic (exact) mass is 354 g/mol. The first-order chi connectivity index (χ1) is 12.4. The molecule has 0 spiro atoms. The Morgan fingerprint density at radius 1 is 0.846 bits per heavy atom. The molecule has 132 valence electrons. The topological polar surface area (TPSA) is 115 Å². The number of phenolic OH excluding ortho intramolecular Hbond substituents is 2. The minimum Gasteiger partial charge on any atom is -0.504 e. The molecule has 0 saturated carbocycles. The lowest BCUT2D eigenvalue weighted by atomic mass is 10.1. The van der Waals surface area contributed by atoms with Gasteiger partial charge in [-0.2, -0.15) is 0 Å². The number of hydrogen-bond acceptors (Lipinski definition) is 6. The third-order valence-corrected chi connectivity index (χ3v) is 3.92. The summed E-state index contributed by atoms with van der Waals surface area (Å²) in [5.74, 6) is -3.64. The summed E-state index contributed by atoms with van der Waals surface area (Å²) in [4.78, 5) is 50.1. The minimum absolute atomic E-state index is 0.00476. The molecule has 1 saturated heterocycles. The SMILES string of the molecule is O=C(CN1C(=O)C(=O)N(Cc2ccccc2)C1=O)c1ccc(O)c(O)c1. The van der Waals surface area contributed by atoms with Crippen LogP contribution in [0.15, 0.2) is 48.5 Å². The Balaban J connectivity index is 1.76. The van der Waals surface area contributed by atoms with Crippen LogP contribution in [0.4, 0.5) is 4.79 Å². The normalized spacial score (nSPS) is 14.2. The van der Waals surface area contributed by atoms with Gasteiger partial charge in [0.05, 0.1) is 13.1 Å². The number of benzene rings is 2. The number of urea groups is 1. The largest absolute Gasteiger partial charge is 0.504 e. The van der Waals surface area contributed by atoms with E-state index in [1.807, 2.05) is 0 Å². The number of aromatic hydroxyl groups is 2. The van der Waals surface area contributed by atoms with Crippen LogP contribution >= 0.6 is 0 Å². The van der Waals surface area contributed by atoms with Crippen LogP contribution in [0, 0.1) is 0 Å². The Kier molecular flexibility index (Phi) is 4.40. The third-order valence-electron chi connectivity index (χ3n) is 3.92. The second-order valence-corrected chi connectivity index (χ2v) is 5.68. The maximum Gasteiger partial charge on any atom is 0.334 e. The molecule has 3 rings (SSSR count). The maximum atomic E-state index is 12.4. The van der Waals surface area contributed by atoms with Crippen LogP contribution in [0.25, 0.3) is 0 Å². The molecule has 1 heterocycles. The predicted molar refractivity (Wildman–Crippen MR) is 88.2 cm³/mol. The Morgan fingerprint density at radius 2 is 1.50 bits per heavy atom. The summed E-state index contributed by atoms with van der Waals surface area (Å²) in [7, 11) is 0. The molecule has 8 heteroatoms. The highest BCUT2D eigenvalue weighted by Gasteiger charge is 2.45. The predicted octanol–water partition coefficient (Wildman–Crippen LogP) is 1.27. The van der Waals surface area contributed by atoms with Gasteiger partial charge in [-0.05, 0) is 23.8 Å². The highest BCUT2D eigenvalue weighted by molar-refractivity contribution is 6.45. The van der Waals surface area contributed by atoms with Crippen molar-refractivity contribution in [2.75, 3.05) is 6.54 Å². The Labute approximate surface area is 147 Å². The van der Waals surface area contributed by atoms with Crippen molar-refractivity contribution in [3.8, 4) is 11.5 Å². The maximum absolute atomic E-state index is 12.4. The summed E-state index contributed by atoms with van der Waals surface area (Å²) >= 11 is 0. The van der Waals surface area contributed by atoms with Gasteiger partial charge in [-0.15, -0.1) is 0 Å². The first kappa shape index (κ1) is 17.2. The fourth-order valence-corrected chi connectivity index (χ4v) is 2.53. The van der Waals surface area contributed by atoms with Crippen LogP contribution in [0.2, 0.25) is 0 Å². The molecule has 2 N–H and O–H groups in total. The van der Waals surface area contributed by atoms with Gasteiger partial charge >= 0.3 is 17.8 Å². The molecular formula is C18H14N2O6. The molecule has 2 aromatic rings. The van der Waals surface area contributed by atoms with E-state index in [1.165, 1.54) is 6.07 Å². The third kappa shape index (κ3) is 3.12. The highest BCUT2D eigenvalue weighted by atomic mass is 16.3. The van der Waals surface area contributed by atoms with Crippen molar-refractivity contribution in [1.82, 2.24) is 9.80 Å². The zero-order valence-electron chi connectivity index (χ0n) is 13.5. The summed E-state index contributed by atoms with van der Waals surface area (Å²) in [6.45, 7) is -0.714. The van der Waals surface area contributed by atoms with E-state index in [2.05, 4.69) is 0 Å². The van der Waals surface area contributed by atoms with Crippen molar-refractivity contribution >= 4 is 23.6 Å². The van der Waals surface area contributed by atoms with Crippen LogP contribution < -0.4 is 0 Å². The summed E-state index contributed by atoms with van der Waals surface area (Å²) in [5.41, 5.74) is 0.661. The molecule has 0 aromatic heterocycles. The lowest BCUT2D eigenvalue weighted by Crippen LogP contribution is -2.36. The molecule has 0 radical (unpaired) electrons. The summed E-state index contributed by atoms with van der Waals surface area (Å²) < 4.78 is 0. The summed E-state index contributed by atoms with van der Waals surface area (Å²) in [6, 6.07) is 11.2. The van der Waals surface area contributed by atoms with E-state index < -0.39 is 41.7 Å². The number of amides is 4. The van der Waals surface area contributed by atoms with Crippen molar-refractivity contribution in [2.24, 2.45) is 0 Å². The van der Waals surface area contributed by atoms with Gasteiger partial charge in [-0.1, -0.05) is 30.3 Å². The number of hydrogen-bond donors (Lipinski definition) is 2. The van der Waals surface area contributed by atoms with Gasteiger partial charge in [-0.25, -0.2) is 9.69 Å². The molecule has 8 nitrogen and oxygen atoms in total. The number of carbonyl (C=O) groups excluding carboxylic acids is 4. The van der Waals surface area contributed by atoms with Crippen molar-refractivity contribution in [3.63, 3.8) is 0 Å². The fourth-order valence-electron chi connectivity index (χ4n) is 2.53. The average molecular weight is 354 g/mol. The number of nitrogens with zero attached hydrogens (tertiary/aromatic N) is 2. The van der Waals surface area contributed by atoms with Gasteiger partial charge in [0, 0.05) is 5.56 Å². The Hall–Kier alpha value is -3.68. The average Bonchev–Trinajstić information content (AvgIpc) is 2.83. The Bertz CT molecular complexity index is 909. The van der Waals surface area contributed by atoms with E-state index in [4.69, 9.17) is 0 Å². The number of Topliss-reactive ketones (excluding diaryl/α,β-unsaturated/α-hetero) is 1. The van der Waals surface area contributed by atoms with Gasteiger partial charge in [-0.3, -0.25) is 19.3 Å². The first-order valence-corrected chi connectivity index (χ1v) is 7.65. The van der Waals surface area contributed by atoms with Crippen molar-refractivity contribution in [3.05, 3.63) is 59.7 Å². The zero-order chi connectivity index (χ0) is 18.8. The van der Waals surface area contributed by atoms with Crippen LogP contribution in [-0.2, 0) is 16.1 Å². The molecule has 26 heavy (non-hydrogen) atoms. The Morgan fingerprint density at radius 3 is 2.15 bits per heavy atom. The molecule has 1 aliphatic rings. The van der Waals surface area contributed by atoms with Gasteiger partial charge in [0.15, 0.2) is 17.3 Å². The number of imide groups is 2. The summed E-state index contributed by atoms with van der Waals surface area (Å²) in [5, 5.41) is 18.7. The summed E-state index contributed by atoms with van der Waals surface area (Å²) in [6.07, 6.45) is 0. The minimum atomic E-state index is -1.08. The smallest absolute Gasteiger partial charge is 0.334 e. The number of rotatable bonds is 5. The lowest BCUT2D eigenvalue weighted by molar-refractivity contribution is -0.143. The number of ketones is 1. The van der Waals surface area contributed by atoms with E-state index in [0.717, 1.165) is 17.0 Å². The van der Waals surface area contributed by atoms with Gasteiger partial charge in [0.25, 0.3) is 0 Å². The second-order valence-electron chi connectivity index (χ2n) is 5.68. The van der Waals surface area contributed by atoms with Crippen LogP contribution in [0.5, 0.6) is 11.5 Å². The van der Waals surface area contributed by atoms with E-state index in [0.29, 0.717) is 10.5 Å². The van der Waals surface area contributed by atoms with Crippen LogP contribution in [-0.4, -0.2) is 50.2 Å². The van der Waals surface area contributed by atoms with Crippen LogP contribution in [0.1, 0.15) is 15.9 Å². The molecule has 0 aliphatic carbocycles. The molecule has 2 aromatic carbocycles. The van der Waals surface area contributed by atoms with E-state index >= 15 is 0 Å². The lowest BCUT2D eigenvalue weighted by Gasteiger charge is -2.15. The molecule has 0 unspecified atom stereocenters. The van der Waals surface area contributed by atoms with Gasteiger partial charge < -0.3 is 10.2 Å². The fraction of sp³-hybridized carbons (Fsp3) is 0.111. The van der Waals surface area contributed by atoms with Crippen molar-refractivity contribution in [1.29, 1.82) is 0 Å².